The van der Waals surface area contributed by atoms with Crippen LogP contribution < -0.4 is 0 Å². The Hall–Kier alpha value is -8.71. The van der Waals surface area contributed by atoms with E-state index in [0.717, 1.165) is 85.6 Å². The van der Waals surface area contributed by atoms with E-state index in [0.29, 0.717) is 31.3 Å². The Kier molecular flexibility index (Phi) is 59.3. The Labute approximate surface area is 717 Å². The van der Waals surface area contributed by atoms with E-state index in [1.165, 1.54) is 131 Å². The summed E-state index contributed by atoms with van der Waals surface area (Å²) in [5.74, 6) is 1.92. The Morgan fingerprint density at radius 2 is 0.667 bits per heavy atom. The van der Waals surface area contributed by atoms with Gasteiger partial charge >= 0.3 is 0 Å². The number of fused-ring (bicyclic) bond motifs is 1. The molecule has 9 aromatic carbocycles. The van der Waals surface area contributed by atoms with E-state index in [4.69, 9.17) is 35.7 Å². The number of carbonyl (C=O) groups is 1. The average molecular weight is 1650 g/mol. The van der Waals surface area contributed by atoms with Crippen LogP contribution in [0.3, 0.4) is 0 Å². The quantitative estimate of drug-likeness (QED) is 0.0209. The lowest BCUT2D eigenvalue weighted by Gasteiger charge is -2.21. The molecule has 117 heavy (non-hydrogen) atoms. The molecule has 0 saturated carbocycles. The van der Waals surface area contributed by atoms with Crippen molar-refractivity contribution in [3.63, 3.8) is 0 Å². The largest absolute Gasteiger partial charge is 0.396 e. The van der Waals surface area contributed by atoms with E-state index >= 15 is 0 Å². The van der Waals surface area contributed by atoms with Gasteiger partial charge in [0, 0.05) is 57.1 Å². The Balaban J connectivity index is 0.000000654. The monoisotopic (exact) mass is 1650 g/mol. The minimum absolute atomic E-state index is 0.199. The molecule has 10 rings (SSSR count). The average Bonchev–Trinajstić information content (AvgIpc) is 0.835. The summed E-state index contributed by atoms with van der Waals surface area (Å²) in [6.07, 6.45) is 22.3. The number of hydrogen-bond donors (Lipinski definition) is 7. The molecule has 3 unspecified atom stereocenters. The molecule has 0 bridgehead atoms. The third-order valence-corrected chi connectivity index (χ3v) is 19.5. The SMILES string of the molecule is C/C(=C/c1ccc(C)cc1)CCO.C/C(=C/c1ccc(C)cc1)CCO.C/C(=C\c1ccc(C)cc1)CCO.C/C(=C\c1ccc(C)cc1)CCO.C=C(C)CCO.C=C(CCO)Cc1ccc(C)cc1.Cc1ccc(Br)cc1.Cc1ccc(CC(C)CC=O)cc1.Cc1ccc(CC(C)CCO)cc1.Cc1ccc2c(c1)CCC(C)C2. The zero-order valence-electron chi connectivity index (χ0n) is 74.5. The van der Waals surface area contributed by atoms with Crippen LogP contribution in [0.5, 0.6) is 0 Å². The molecule has 1 aliphatic rings. The smallest absolute Gasteiger partial charge is 0.120 e. The number of halogens is 1. The molecule has 9 aromatic rings. The molecule has 7 N–H and O–H groups in total. The van der Waals surface area contributed by atoms with Gasteiger partial charge in [0.05, 0.1) is 0 Å². The van der Waals surface area contributed by atoms with Gasteiger partial charge in [-0.1, -0.05) is 351 Å². The van der Waals surface area contributed by atoms with Crippen LogP contribution in [0.4, 0.5) is 0 Å². The first kappa shape index (κ1) is 106. The summed E-state index contributed by atoms with van der Waals surface area (Å²) >= 11 is 3.35. The van der Waals surface area contributed by atoms with Crippen molar-refractivity contribution >= 4 is 46.5 Å². The molecule has 0 heterocycles. The van der Waals surface area contributed by atoms with Crippen LogP contribution >= 0.6 is 15.9 Å². The second-order valence-corrected chi connectivity index (χ2v) is 32.7. The predicted molar refractivity (Wildman–Crippen MR) is 510 cm³/mol. The topological polar surface area (TPSA) is 159 Å². The molecule has 634 valence electrons. The maximum absolute atomic E-state index is 10.3. The van der Waals surface area contributed by atoms with Gasteiger partial charge in [0.2, 0.25) is 0 Å². The zero-order valence-corrected chi connectivity index (χ0v) is 76.1. The van der Waals surface area contributed by atoms with Gasteiger partial charge < -0.3 is 40.5 Å². The van der Waals surface area contributed by atoms with Gasteiger partial charge in [0.25, 0.3) is 0 Å². The lowest BCUT2D eigenvalue weighted by Crippen LogP contribution is -2.10. The van der Waals surface area contributed by atoms with Crippen LogP contribution in [0.25, 0.3) is 24.3 Å². The summed E-state index contributed by atoms with van der Waals surface area (Å²) in [5, 5.41) is 60.5. The predicted octanol–water partition coefficient (Wildman–Crippen LogP) is 25.7. The number of rotatable bonds is 26. The van der Waals surface area contributed by atoms with Crippen LogP contribution in [0.2, 0.25) is 0 Å². The molecule has 8 nitrogen and oxygen atoms in total. The number of benzene rings is 9. The Bertz CT molecular complexity index is 3930. The molecular weight excluding hydrogens is 1510 g/mol. The van der Waals surface area contributed by atoms with Gasteiger partial charge in [-0.05, 0) is 260 Å². The minimum Gasteiger partial charge on any atom is -0.396 e. The van der Waals surface area contributed by atoms with Gasteiger partial charge in [0.1, 0.15) is 6.29 Å². The van der Waals surface area contributed by atoms with Gasteiger partial charge in [0.15, 0.2) is 0 Å². The van der Waals surface area contributed by atoms with Crippen molar-refractivity contribution in [2.75, 3.05) is 46.2 Å². The van der Waals surface area contributed by atoms with E-state index in [-0.39, 0.29) is 39.6 Å². The van der Waals surface area contributed by atoms with Crippen LogP contribution in [0.15, 0.2) is 263 Å². The van der Waals surface area contributed by atoms with Crippen molar-refractivity contribution in [3.8, 4) is 0 Å². The van der Waals surface area contributed by atoms with Gasteiger partial charge in [-0.3, -0.25) is 0 Å². The number of aliphatic hydroxyl groups excluding tert-OH is 7. The van der Waals surface area contributed by atoms with Crippen molar-refractivity contribution in [3.05, 3.63) is 364 Å². The van der Waals surface area contributed by atoms with Crippen LogP contribution in [-0.4, -0.2) is 88.3 Å². The van der Waals surface area contributed by atoms with Crippen molar-refractivity contribution in [2.24, 2.45) is 17.8 Å². The van der Waals surface area contributed by atoms with Gasteiger partial charge in [-0.2, -0.15) is 0 Å². The first-order chi connectivity index (χ1) is 55.8. The first-order valence-corrected chi connectivity index (χ1v) is 42.6. The summed E-state index contributed by atoms with van der Waals surface area (Å²) in [5.41, 5.74) is 30.6. The number of aryl methyl sites for hydroxylation is 10. The lowest BCUT2D eigenvalue weighted by atomic mass is 9.84. The highest BCUT2D eigenvalue weighted by molar-refractivity contribution is 9.10. The third kappa shape index (κ3) is 56.3. The minimum atomic E-state index is 0.199. The Morgan fingerprint density at radius 3 is 0.949 bits per heavy atom. The molecule has 0 aliphatic heterocycles. The van der Waals surface area contributed by atoms with Crippen LogP contribution in [0, 0.1) is 80.1 Å². The van der Waals surface area contributed by atoms with Crippen LogP contribution in [-0.2, 0) is 36.9 Å². The summed E-state index contributed by atoms with van der Waals surface area (Å²) in [7, 11) is 0. The number of carbonyl (C=O) groups excluding carboxylic acids is 1. The van der Waals surface area contributed by atoms with Crippen molar-refractivity contribution in [2.45, 2.75) is 208 Å². The van der Waals surface area contributed by atoms with E-state index < -0.39 is 0 Å². The fourth-order valence-electron chi connectivity index (χ4n) is 11.6. The molecule has 0 saturated heterocycles. The van der Waals surface area contributed by atoms with Crippen molar-refractivity contribution in [1.29, 1.82) is 0 Å². The molecule has 1 aliphatic carbocycles. The highest BCUT2D eigenvalue weighted by atomic mass is 79.9. The normalized spacial score (nSPS) is 12.5. The molecule has 3 atom stereocenters. The first-order valence-electron chi connectivity index (χ1n) is 41.8. The summed E-state index contributed by atoms with van der Waals surface area (Å²) < 4.78 is 1.14. The molecule has 0 aromatic heterocycles. The zero-order chi connectivity index (χ0) is 87.3. The van der Waals surface area contributed by atoms with Crippen molar-refractivity contribution < 1.29 is 40.5 Å². The number of hydrogen-bond acceptors (Lipinski definition) is 8. The summed E-state index contributed by atoms with van der Waals surface area (Å²) in [6, 6.07) is 74.2. The second kappa shape index (κ2) is 65.3. The van der Waals surface area contributed by atoms with Gasteiger partial charge in [-0.15, -0.1) is 6.58 Å². The molecular formula is C108H147BrO8. The molecule has 0 amide bonds. The van der Waals surface area contributed by atoms with E-state index in [1.54, 1.807) is 11.1 Å². The summed E-state index contributed by atoms with van der Waals surface area (Å²) in [6.45, 7) is 44.6. The number of aliphatic hydroxyl groups is 7. The highest BCUT2D eigenvalue weighted by Gasteiger charge is 2.14. The van der Waals surface area contributed by atoms with Crippen LogP contribution in [0.1, 0.15) is 213 Å². The number of aldehydes is 1. The molecule has 0 radical (unpaired) electrons. The van der Waals surface area contributed by atoms with E-state index in [2.05, 4.69) is 337 Å². The standard InChI is InChI=1S/C12H18O.6C12H16O.C12H16.C7H7Br.C5H10O/c7*1-10-3-5-12(6-4-10)9-11(2)7-8-13;1-9-3-5-12-8-10(2)4-6-11(12)7-9;1-6-2-4-7(8)5-3-6;1-5(2)3-4-6/h3-6,11,13H,7-9H2,1-2H3;4*3-6,9,13H,7-8H2,1-2H3;3-6,8,11H,7,9H2,1-2H3;3-6,13H,2,7-9H2,1H3;3,5,7,10H,4,6,8H2,1-2H3;2-5H,1H3;6H,1,3-4H2,2H3/b;2*11-9+;2*11-9-;;;;;. The van der Waals surface area contributed by atoms with Gasteiger partial charge in [-0.25, -0.2) is 0 Å². The molecule has 9 heteroatoms. The van der Waals surface area contributed by atoms with E-state index in [1.807, 2.05) is 46.8 Å². The maximum atomic E-state index is 10.3. The Morgan fingerprint density at radius 1 is 0.376 bits per heavy atom. The lowest BCUT2D eigenvalue weighted by molar-refractivity contribution is -0.108. The highest BCUT2D eigenvalue weighted by Crippen LogP contribution is 2.26. The molecule has 0 spiro atoms. The third-order valence-electron chi connectivity index (χ3n) is 18.9. The van der Waals surface area contributed by atoms with E-state index in [9.17, 15) is 4.79 Å². The van der Waals surface area contributed by atoms with Crippen molar-refractivity contribution in [1.82, 2.24) is 0 Å². The summed E-state index contributed by atoms with van der Waals surface area (Å²) in [4.78, 5) is 10.3. The fraction of sp³-hybridized carbons (Fsp3) is 0.380. The molecule has 0 fully saturated rings. The second-order valence-electron chi connectivity index (χ2n) is 31.7. The maximum Gasteiger partial charge on any atom is 0.120 e. The fourth-order valence-corrected chi connectivity index (χ4v) is 11.9.